The second kappa shape index (κ2) is 6.89. The van der Waals surface area contributed by atoms with Crippen LogP contribution in [0.25, 0.3) is 22.4 Å². The van der Waals surface area contributed by atoms with Crippen molar-refractivity contribution in [2.24, 2.45) is 0 Å². The van der Waals surface area contributed by atoms with E-state index in [1.807, 2.05) is 4.57 Å². The average Bonchev–Trinajstić information content (AvgIpc) is 3.28. The number of hydrogen-bond acceptors (Lipinski definition) is 4. The third kappa shape index (κ3) is 3.66. The second-order valence-corrected chi connectivity index (χ2v) is 8.72. The first-order valence-corrected chi connectivity index (χ1v) is 10.5. The van der Waals surface area contributed by atoms with Crippen molar-refractivity contribution in [3.8, 4) is 11.5 Å². The Hall–Kier alpha value is -3.39. The molecule has 6 nitrogen and oxygen atoms in total. The summed E-state index contributed by atoms with van der Waals surface area (Å²) in [5, 5.41) is 9.80. The van der Waals surface area contributed by atoms with E-state index in [4.69, 9.17) is 9.52 Å². The lowest BCUT2D eigenvalue weighted by Crippen LogP contribution is -2.02. The van der Waals surface area contributed by atoms with Crippen molar-refractivity contribution in [2.75, 3.05) is 6.26 Å². The number of nitrogens with zero attached hydrogens (tertiary/aromatic N) is 1. The predicted octanol–water partition coefficient (Wildman–Crippen LogP) is 4.19. The fourth-order valence-electron chi connectivity index (χ4n) is 3.22. The minimum absolute atomic E-state index is 0.182. The predicted molar refractivity (Wildman–Crippen MR) is 105 cm³/mol. The molecule has 8 heteroatoms. The van der Waals surface area contributed by atoms with Gasteiger partial charge in [0, 0.05) is 23.7 Å². The van der Waals surface area contributed by atoms with Crippen LogP contribution in [0.1, 0.15) is 16.1 Å². The molecule has 0 fully saturated rings. The maximum atomic E-state index is 13.3. The van der Waals surface area contributed by atoms with Gasteiger partial charge in [0.05, 0.1) is 10.6 Å². The van der Waals surface area contributed by atoms with Crippen LogP contribution in [0.4, 0.5) is 4.39 Å². The summed E-state index contributed by atoms with van der Waals surface area (Å²) in [7, 11) is -3.39. The maximum absolute atomic E-state index is 13.3. The van der Waals surface area contributed by atoms with Gasteiger partial charge in [0.2, 0.25) is 5.76 Å². The summed E-state index contributed by atoms with van der Waals surface area (Å²) < 4.78 is 44.4. The summed E-state index contributed by atoms with van der Waals surface area (Å²) in [5.74, 6) is -1.39. The Morgan fingerprint density at radius 2 is 1.79 bits per heavy atom. The van der Waals surface area contributed by atoms with Crippen LogP contribution >= 0.6 is 0 Å². The third-order valence-electron chi connectivity index (χ3n) is 4.62. The standard InChI is InChI=1S/C21H16FNO5S/c1-29(26,27)16-6-7-17-14(10-16)11-18(19-8-9-20(28-19)21(24)25)23(17)12-13-2-4-15(22)5-3-13/h2-11H,12H2,1H3,(H,24,25). The molecule has 4 aromatic rings. The van der Waals surface area contributed by atoms with Gasteiger partial charge in [-0.3, -0.25) is 0 Å². The number of sulfone groups is 1. The van der Waals surface area contributed by atoms with Crippen LogP contribution in [0.3, 0.4) is 0 Å². The van der Waals surface area contributed by atoms with Gasteiger partial charge in [-0.15, -0.1) is 0 Å². The second-order valence-electron chi connectivity index (χ2n) is 6.70. The zero-order valence-corrected chi connectivity index (χ0v) is 16.1. The largest absolute Gasteiger partial charge is 0.475 e. The first-order chi connectivity index (χ1) is 13.7. The first-order valence-electron chi connectivity index (χ1n) is 8.64. The molecule has 29 heavy (non-hydrogen) atoms. The van der Waals surface area contributed by atoms with E-state index in [9.17, 15) is 17.6 Å². The lowest BCUT2D eigenvalue weighted by Gasteiger charge is -2.10. The van der Waals surface area contributed by atoms with Gasteiger partial charge in [0.25, 0.3) is 0 Å². The number of hydrogen-bond donors (Lipinski definition) is 1. The number of rotatable bonds is 5. The molecule has 0 aliphatic rings. The molecule has 0 atom stereocenters. The van der Waals surface area contributed by atoms with Crippen LogP contribution < -0.4 is 0 Å². The molecule has 0 saturated heterocycles. The molecule has 0 spiro atoms. The van der Waals surface area contributed by atoms with Crippen molar-refractivity contribution in [1.29, 1.82) is 0 Å². The SMILES string of the molecule is CS(=O)(=O)c1ccc2c(c1)cc(-c1ccc(C(=O)O)o1)n2Cc1ccc(F)cc1. The monoisotopic (exact) mass is 413 g/mol. The Labute approximate surface area is 165 Å². The Kier molecular flexibility index (Phi) is 4.50. The van der Waals surface area contributed by atoms with Crippen LogP contribution in [-0.4, -0.2) is 30.3 Å². The van der Waals surface area contributed by atoms with E-state index in [1.54, 1.807) is 36.4 Å². The van der Waals surface area contributed by atoms with Crippen LogP contribution in [0.2, 0.25) is 0 Å². The highest BCUT2D eigenvalue weighted by Crippen LogP contribution is 2.32. The van der Waals surface area contributed by atoms with Gasteiger partial charge in [0.1, 0.15) is 5.82 Å². The quantitative estimate of drug-likeness (QED) is 0.530. The zero-order chi connectivity index (χ0) is 20.8. The van der Waals surface area contributed by atoms with Gasteiger partial charge < -0.3 is 14.1 Å². The highest BCUT2D eigenvalue weighted by atomic mass is 32.2. The fourth-order valence-corrected chi connectivity index (χ4v) is 3.87. The van der Waals surface area contributed by atoms with E-state index in [-0.39, 0.29) is 16.5 Å². The fraction of sp³-hybridized carbons (Fsp3) is 0.0952. The van der Waals surface area contributed by atoms with Crippen molar-refractivity contribution in [3.05, 3.63) is 77.8 Å². The van der Waals surface area contributed by atoms with E-state index >= 15 is 0 Å². The molecule has 0 radical (unpaired) electrons. The molecule has 1 N–H and O–H groups in total. The van der Waals surface area contributed by atoms with Crippen molar-refractivity contribution in [1.82, 2.24) is 4.57 Å². The van der Waals surface area contributed by atoms with Crippen LogP contribution in [0, 0.1) is 5.82 Å². The van der Waals surface area contributed by atoms with E-state index in [0.717, 1.165) is 17.3 Å². The number of halogens is 1. The van der Waals surface area contributed by atoms with E-state index < -0.39 is 15.8 Å². The lowest BCUT2D eigenvalue weighted by atomic mass is 10.2. The number of benzene rings is 2. The molecule has 4 rings (SSSR count). The van der Waals surface area contributed by atoms with Gasteiger partial charge in [-0.25, -0.2) is 17.6 Å². The molecule has 148 valence electrons. The normalized spacial score (nSPS) is 11.8. The number of carboxylic acid groups (broad SMARTS) is 1. The van der Waals surface area contributed by atoms with Crippen molar-refractivity contribution in [2.45, 2.75) is 11.4 Å². The minimum Gasteiger partial charge on any atom is -0.475 e. The summed E-state index contributed by atoms with van der Waals surface area (Å²) >= 11 is 0. The number of aromatic carboxylic acids is 1. The summed E-state index contributed by atoms with van der Waals surface area (Å²) in [6, 6.07) is 15.5. The molecule has 0 aliphatic heterocycles. The zero-order valence-electron chi connectivity index (χ0n) is 15.3. The molecule has 2 aromatic carbocycles. The number of carboxylic acids is 1. The molecular weight excluding hydrogens is 397 g/mol. The van der Waals surface area contributed by atoms with Crippen molar-refractivity contribution in [3.63, 3.8) is 0 Å². The number of carbonyl (C=O) groups is 1. The maximum Gasteiger partial charge on any atom is 0.371 e. The summed E-state index contributed by atoms with van der Waals surface area (Å²) in [4.78, 5) is 11.4. The number of furan rings is 1. The van der Waals surface area contributed by atoms with E-state index in [1.165, 1.54) is 24.3 Å². The first kappa shape index (κ1) is 18.9. The Morgan fingerprint density at radius 3 is 2.41 bits per heavy atom. The van der Waals surface area contributed by atoms with Gasteiger partial charge in [0.15, 0.2) is 15.6 Å². The summed E-state index contributed by atoms with van der Waals surface area (Å²) in [6.07, 6.45) is 1.14. The van der Waals surface area contributed by atoms with E-state index in [0.29, 0.717) is 23.4 Å². The van der Waals surface area contributed by atoms with Gasteiger partial charge in [-0.2, -0.15) is 0 Å². The summed E-state index contributed by atoms with van der Waals surface area (Å²) in [6.45, 7) is 0.362. The highest BCUT2D eigenvalue weighted by molar-refractivity contribution is 7.90. The van der Waals surface area contributed by atoms with Gasteiger partial charge >= 0.3 is 5.97 Å². The number of fused-ring (bicyclic) bond motifs is 1. The van der Waals surface area contributed by atoms with E-state index in [2.05, 4.69) is 0 Å². The molecular formula is C21H16FNO5S. The summed E-state index contributed by atoms with van der Waals surface area (Å²) in [5.41, 5.74) is 2.15. The molecule has 0 aliphatic carbocycles. The van der Waals surface area contributed by atoms with Crippen LogP contribution in [-0.2, 0) is 16.4 Å². The highest BCUT2D eigenvalue weighted by Gasteiger charge is 2.18. The molecule has 0 unspecified atom stereocenters. The lowest BCUT2D eigenvalue weighted by molar-refractivity contribution is 0.0663. The number of aromatic nitrogens is 1. The topological polar surface area (TPSA) is 89.5 Å². The van der Waals surface area contributed by atoms with Crippen molar-refractivity contribution < 1.29 is 27.1 Å². The minimum atomic E-state index is -3.39. The van der Waals surface area contributed by atoms with Crippen molar-refractivity contribution >= 4 is 26.7 Å². The molecule has 0 saturated carbocycles. The average molecular weight is 413 g/mol. The van der Waals surface area contributed by atoms with Crippen LogP contribution in [0.5, 0.6) is 0 Å². The smallest absolute Gasteiger partial charge is 0.371 e. The van der Waals surface area contributed by atoms with Crippen LogP contribution in [0.15, 0.2) is 70.0 Å². The Bertz CT molecular complexity index is 1330. The molecule has 2 aromatic heterocycles. The van der Waals surface area contributed by atoms with Gasteiger partial charge in [-0.1, -0.05) is 12.1 Å². The molecule has 0 bridgehead atoms. The Morgan fingerprint density at radius 1 is 1.07 bits per heavy atom. The molecule has 2 heterocycles. The van der Waals surface area contributed by atoms with Gasteiger partial charge in [-0.05, 0) is 54.1 Å². The third-order valence-corrected chi connectivity index (χ3v) is 5.73. The molecule has 0 amide bonds. The Balaban J connectivity index is 1.91.